The number of imide groups is 2. The number of amides is 5. The molecule has 0 spiro atoms. The second-order valence-corrected chi connectivity index (χ2v) is 15.3. The number of likely N-dealkylation sites (N-methyl/N-ethyl adjacent to an activating group) is 1. The molecule has 3 saturated heterocycles. The lowest BCUT2D eigenvalue weighted by molar-refractivity contribution is -0.136. The molecule has 11 nitrogen and oxygen atoms in total. The molecule has 0 aliphatic carbocycles. The van der Waals surface area contributed by atoms with Gasteiger partial charge in [-0.15, -0.1) is 0 Å². The first kappa shape index (κ1) is 37.4. The van der Waals surface area contributed by atoms with E-state index in [2.05, 4.69) is 58.4 Å². The number of likely N-dealkylation sites (tertiary alicyclic amines) is 1. The molecule has 12 heteroatoms. The number of fused-ring (bicyclic) bond motifs is 1. The van der Waals surface area contributed by atoms with E-state index < -0.39 is 29.7 Å². The van der Waals surface area contributed by atoms with Crippen molar-refractivity contribution in [3.05, 3.63) is 99.9 Å². The third-order valence-corrected chi connectivity index (χ3v) is 11.7. The Hall–Kier alpha value is -4.94. The molecule has 1 unspecified atom stereocenters. The summed E-state index contributed by atoms with van der Waals surface area (Å²) < 4.78 is 14.6. The summed E-state index contributed by atoms with van der Waals surface area (Å²) in [7, 11) is 4.23. The van der Waals surface area contributed by atoms with Gasteiger partial charge >= 0.3 is 0 Å². The van der Waals surface area contributed by atoms with E-state index in [-0.39, 0.29) is 30.1 Å². The predicted molar refractivity (Wildman–Crippen MR) is 203 cm³/mol. The quantitative estimate of drug-likeness (QED) is 0.231. The zero-order chi connectivity index (χ0) is 38.1. The van der Waals surface area contributed by atoms with Crippen LogP contribution in [0.25, 0.3) is 0 Å². The lowest BCUT2D eigenvalue weighted by Gasteiger charge is -2.36. The molecule has 3 atom stereocenters. The minimum atomic E-state index is -0.997. The van der Waals surface area contributed by atoms with Gasteiger partial charge in [-0.05, 0) is 87.7 Å². The average molecular weight is 737 g/mol. The number of carbonyl (C=O) groups excluding carboxylic acids is 5. The van der Waals surface area contributed by atoms with Gasteiger partial charge in [-0.1, -0.05) is 36.4 Å². The summed E-state index contributed by atoms with van der Waals surface area (Å²) in [5.74, 6) is -1.76. The smallest absolute Gasteiger partial charge is 0.262 e. The number of anilines is 1. The van der Waals surface area contributed by atoms with Gasteiger partial charge in [-0.3, -0.25) is 39.1 Å². The number of benzene rings is 3. The number of carbonyl (C=O) groups is 5. The lowest BCUT2D eigenvalue weighted by atomic mass is 9.93. The van der Waals surface area contributed by atoms with Crippen molar-refractivity contribution in [3.8, 4) is 0 Å². The molecule has 7 rings (SSSR count). The average Bonchev–Trinajstić information content (AvgIpc) is 3.70. The van der Waals surface area contributed by atoms with Crippen molar-refractivity contribution >= 4 is 35.2 Å². The molecule has 0 bridgehead atoms. The van der Waals surface area contributed by atoms with E-state index in [0.29, 0.717) is 62.8 Å². The summed E-state index contributed by atoms with van der Waals surface area (Å²) in [5.41, 5.74) is 5.51. The molecular weight excluding hydrogens is 687 g/mol. The summed E-state index contributed by atoms with van der Waals surface area (Å²) in [6, 6.07) is 18.6. The molecule has 4 aliphatic heterocycles. The number of piperidine rings is 1. The molecule has 1 N–H and O–H groups in total. The largest absolute Gasteiger partial charge is 0.368 e. The van der Waals surface area contributed by atoms with Gasteiger partial charge in [0.1, 0.15) is 11.9 Å². The molecule has 54 heavy (non-hydrogen) atoms. The summed E-state index contributed by atoms with van der Waals surface area (Å²) in [6.07, 6.45) is 2.44. The van der Waals surface area contributed by atoms with Crippen molar-refractivity contribution in [2.45, 2.75) is 70.0 Å². The topological polar surface area (TPSA) is 114 Å². The molecule has 0 radical (unpaired) electrons. The number of piperazine rings is 1. The summed E-state index contributed by atoms with van der Waals surface area (Å²) >= 11 is 0. The van der Waals surface area contributed by atoms with Crippen LogP contribution in [0.5, 0.6) is 0 Å². The predicted octanol–water partition coefficient (Wildman–Crippen LogP) is 4.13. The van der Waals surface area contributed by atoms with Crippen LogP contribution in [-0.4, -0.2) is 115 Å². The van der Waals surface area contributed by atoms with Crippen LogP contribution in [0.3, 0.4) is 0 Å². The van der Waals surface area contributed by atoms with Crippen LogP contribution < -0.4 is 10.2 Å². The first-order valence-corrected chi connectivity index (χ1v) is 19.1. The molecule has 284 valence electrons. The summed E-state index contributed by atoms with van der Waals surface area (Å²) in [6.45, 7) is 7.12. The summed E-state index contributed by atoms with van der Waals surface area (Å²) in [4.78, 5) is 73.7. The van der Waals surface area contributed by atoms with Gasteiger partial charge in [0, 0.05) is 81.9 Å². The SMILES string of the molecule is Cc1cccc(F)c1CN1C[C@H](c2ccc(N3CCN(C(=O)CCCCc4cccc5c4C(=O)N(C4CCC(=O)NC4=O)C5=O)CC3)cc2)[C@@H](N(C)C)C1. The van der Waals surface area contributed by atoms with Crippen molar-refractivity contribution in [2.24, 2.45) is 0 Å². The molecule has 3 aromatic carbocycles. The second kappa shape index (κ2) is 15.8. The Balaban J connectivity index is 0.880. The number of unbranched alkanes of at least 4 members (excludes halogenated alkanes) is 1. The molecule has 3 fully saturated rings. The van der Waals surface area contributed by atoms with Crippen molar-refractivity contribution in [1.82, 2.24) is 24.9 Å². The van der Waals surface area contributed by atoms with Crippen molar-refractivity contribution in [2.75, 3.05) is 58.3 Å². The molecule has 4 aliphatic rings. The van der Waals surface area contributed by atoms with Crippen molar-refractivity contribution in [3.63, 3.8) is 0 Å². The number of nitrogens with zero attached hydrogens (tertiary/aromatic N) is 5. The maximum atomic E-state index is 14.6. The first-order valence-electron chi connectivity index (χ1n) is 19.1. The van der Waals surface area contributed by atoms with Crippen molar-refractivity contribution in [1.29, 1.82) is 0 Å². The number of aryl methyl sites for hydroxylation is 2. The minimum Gasteiger partial charge on any atom is -0.368 e. The highest BCUT2D eigenvalue weighted by Crippen LogP contribution is 2.34. The number of hydrogen-bond donors (Lipinski definition) is 1. The maximum Gasteiger partial charge on any atom is 0.262 e. The lowest BCUT2D eigenvalue weighted by Crippen LogP contribution is -2.54. The third-order valence-electron chi connectivity index (χ3n) is 11.7. The molecule has 0 saturated carbocycles. The van der Waals surface area contributed by atoms with Crippen LogP contribution in [0.15, 0.2) is 60.7 Å². The third kappa shape index (κ3) is 7.54. The number of nitrogens with one attached hydrogen (secondary N) is 1. The van der Waals surface area contributed by atoms with Gasteiger partial charge in [0.15, 0.2) is 0 Å². The van der Waals surface area contributed by atoms with Gasteiger partial charge in [0.05, 0.1) is 11.1 Å². The van der Waals surface area contributed by atoms with Crippen LogP contribution in [0, 0.1) is 12.7 Å². The van der Waals surface area contributed by atoms with E-state index in [9.17, 15) is 28.4 Å². The van der Waals surface area contributed by atoms with E-state index in [1.807, 2.05) is 24.0 Å². The Morgan fingerprint density at radius 3 is 2.33 bits per heavy atom. The number of hydrogen-bond acceptors (Lipinski definition) is 8. The Bertz CT molecular complexity index is 1920. The molecule has 4 heterocycles. The van der Waals surface area contributed by atoms with Crippen LogP contribution in [0.1, 0.15) is 81.0 Å². The molecule has 3 aromatic rings. The zero-order valence-electron chi connectivity index (χ0n) is 31.4. The van der Waals surface area contributed by atoms with Gasteiger partial charge in [0.25, 0.3) is 11.8 Å². The highest BCUT2D eigenvalue weighted by Gasteiger charge is 2.45. The minimum absolute atomic E-state index is 0.0748. The molecule has 5 amide bonds. The number of halogens is 1. The van der Waals surface area contributed by atoms with Crippen LogP contribution in [-0.2, 0) is 27.3 Å². The fourth-order valence-electron chi connectivity index (χ4n) is 8.63. The van der Waals surface area contributed by atoms with Crippen LogP contribution in [0.2, 0.25) is 0 Å². The molecular formula is C42H49FN6O5. The van der Waals surface area contributed by atoms with E-state index in [1.165, 1.54) is 5.56 Å². The highest BCUT2D eigenvalue weighted by molar-refractivity contribution is 6.24. The van der Waals surface area contributed by atoms with E-state index >= 15 is 0 Å². The Labute approximate surface area is 316 Å². The van der Waals surface area contributed by atoms with Crippen LogP contribution in [0.4, 0.5) is 10.1 Å². The highest BCUT2D eigenvalue weighted by atomic mass is 19.1. The second-order valence-electron chi connectivity index (χ2n) is 15.3. The van der Waals surface area contributed by atoms with E-state index in [1.54, 1.807) is 24.3 Å². The van der Waals surface area contributed by atoms with Crippen LogP contribution >= 0.6 is 0 Å². The van der Waals surface area contributed by atoms with Gasteiger partial charge in [-0.25, -0.2) is 4.39 Å². The Kier molecular flexibility index (Phi) is 10.9. The van der Waals surface area contributed by atoms with Gasteiger partial charge in [-0.2, -0.15) is 0 Å². The standard InChI is InChI=1S/C42H49FN6O5/c1-27-8-6-12-34(43)32(27)24-46-25-33(36(26-46)45(2)3)28-14-16-30(17-15-28)47-20-22-48(23-21-47)38(51)13-5-4-9-29-10-7-11-31-39(29)42(54)49(41(31)53)35-18-19-37(50)44-40(35)52/h6-8,10-12,14-17,33,35-36H,4-5,9,13,18-26H2,1-3H3,(H,44,50,52)/t33-,35?,36+/m1/s1. The Morgan fingerprint density at radius 1 is 0.889 bits per heavy atom. The molecule has 0 aromatic heterocycles. The fourth-order valence-corrected chi connectivity index (χ4v) is 8.63. The number of rotatable bonds is 11. The van der Waals surface area contributed by atoms with Gasteiger partial charge < -0.3 is 14.7 Å². The van der Waals surface area contributed by atoms with Crippen molar-refractivity contribution < 1.29 is 28.4 Å². The normalized spacial score (nSPS) is 22.0. The monoisotopic (exact) mass is 736 g/mol. The maximum absolute atomic E-state index is 14.6. The van der Waals surface area contributed by atoms with E-state index in [4.69, 9.17) is 0 Å². The van der Waals surface area contributed by atoms with Gasteiger partial charge in [0.2, 0.25) is 17.7 Å². The fraction of sp³-hybridized carbons (Fsp3) is 0.452. The van der Waals surface area contributed by atoms with E-state index in [0.717, 1.165) is 53.5 Å². The summed E-state index contributed by atoms with van der Waals surface area (Å²) in [5, 5.41) is 2.23. The first-order chi connectivity index (χ1) is 26.0. The Morgan fingerprint density at radius 2 is 1.63 bits per heavy atom. The zero-order valence-corrected chi connectivity index (χ0v) is 31.4.